The van der Waals surface area contributed by atoms with Crippen LogP contribution in [0.15, 0.2) is 42.5 Å². The number of piperazine rings is 1. The van der Waals surface area contributed by atoms with Crippen molar-refractivity contribution in [1.29, 1.82) is 0 Å². The summed E-state index contributed by atoms with van der Waals surface area (Å²) in [5.74, 6) is 0. The number of halogens is 1. The molecule has 0 amide bonds. The van der Waals surface area contributed by atoms with Gasteiger partial charge in [0.25, 0.3) is 10.2 Å². The maximum absolute atomic E-state index is 11.5. The third-order valence-corrected chi connectivity index (χ3v) is 6.43. The molecule has 4 rings (SSSR count). The largest absolute Gasteiger partial charge is 1.00 e. The molecule has 2 aliphatic heterocycles. The molecular weight excluding hydrogens is 471 g/mol. The van der Waals surface area contributed by atoms with Gasteiger partial charge in [0, 0.05) is 6.07 Å². The van der Waals surface area contributed by atoms with Crippen LogP contribution in [0.25, 0.3) is 20.8 Å². The van der Waals surface area contributed by atoms with E-state index in [2.05, 4.69) is 16.7 Å². The van der Waals surface area contributed by atoms with Gasteiger partial charge in [-0.15, -0.1) is 11.3 Å². The second-order valence-electron chi connectivity index (χ2n) is 5.74. The fourth-order valence-electron chi connectivity index (χ4n) is 3.02. The Morgan fingerprint density at radius 2 is 1.80 bits per heavy atom. The number of aromatic nitrogens is 1. The third kappa shape index (κ3) is 3.70. The zero-order valence-corrected chi connectivity index (χ0v) is 17.1. The molecule has 1 aliphatic carbocycles. The van der Waals surface area contributed by atoms with Crippen molar-refractivity contribution >= 4 is 31.8 Å². The Kier molecular flexibility index (Phi) is 5.40. The molecule has 2 heterocycles. The molecule has 1 aromatic rings. The molecule has 0 unspecified atom stereocenters. The Balaban J connectivity index is 0.00000182. The first-order valence-corrected chi connectivity index (χ1v) is 9.99. The number of hydrogen-bond donors (Lipinski definition) is 1. The Labute approximate surface area is 167 Å². The molecule has 0 spiro atoms. The van der Waals surface area contributed by atoms with Crippen molar-refractivity contribution in [2.45, 2.75) is 0 Å². The van der Waals surface area contributed by atoms with Crippen molar-refractivity contribution in [3.8, 4) is 10.6 Å². The lowest BCUT2D eigenvalue weighted by molar-refractivity contribution is -0.00000756. The Hall–Kier alpha value is -1.14. The van der Waals surface area contributed by atoms with Gasteiger partial charge in [-0.1, -0.05) is 18.2 Å². The molecule has 2 N–H and O–H groups in total. The van der Waals surface area contributed by atoms with Crippen molar-refractivity contribution in [3.63, 3.8) is 0 Å². The van der Waals surface area contributed by atoms with E-state index in [1.165, 1.54) is 4.31 Å². The van der Waals surface area contributed by atoms with Gasteiger partial charge in [-0.05, 0) is 18.2 Å². The van der Waals surface area contributed by atoms with Crippen LogP contribution in [0.1, 0.15) is 0 Å². The summed E-state index contributed by atoms with van der Waals surface area (Å²) < 4.78 is 27.6. The highest BCUT2D eigenvalue weighted by Crippen LogP contribution is 2.27. The van der Waals surface area contributed by atoms with Gasteiger partial charge < -0.3 is 24.0 Å². The average molecular weight is 488 g/mol. The third-order valence-electron chi connectivity index (χ3n) is 4.23. The number of fused-ring (bicyclic) bond motifs is 2. The number of rotatable bonds is 1. The van der Waals surface area contributed by atoms with Crippen LogP contribution < -0.4 is 39.0 Å². The summed E-state index contributed by atoms with van der Waals surface area (Å²) in [6, 6.07) is 14.2. The van der Waals surface area contributed by atoms with Gasteiger partial charge in [0.2, 0.25) is 5.36 Å². The van der Waals surface area contributed by atoms with Crippen molar-refractivity contribution in [1.82, 2.24) is 13.9 Å². The normalized spacial score (nSPS) is 16.1. The minimum absolute atomic E-state index is 0. The number of nitrogens with two attached hydrogens (primary N) is 1. The molecule has 0 aromatic heterocycles. The van der Waals surface area contributed by atoms with Crippen LogP contribution in [-0.2, 0) is 10.2 Å². The highest BCUT2D eigenvalue weighted by atomic mass is 127. The molecule has 9 heteroatoms. The maximum Gasteiger partial charge on any atom is 0.277 e. The van der Waals surface area contributed by atoms with Crippen LogP contribution in [0, 0.1) is 0 Å². The molecule has 25 heavy (non-hydrogen) atoms. The van der Waals surface area contributed by atoms with Gasteiger partial charge >= 0.3 is 0 Å². The van der Waals surface area contributed by atoms with Gasteiger partial charge in [-0.2, -0.15) is 12.7 Å². The first kappa shape index (κ1) is 18.6. The molecule has 3 aliphatic rings. The van der Waals surface area contributed by atoms with E-state index in [0.29, 0.717) is 26.2 Å². The number of hydrogen-bond acceptors (Lipinski definition) is 4. The second-order valence-corrected chi connectivity index (χ2v) is 8.37. The molecule has 1 saturated heterocycles. The predicted octanol–water partition coefficient (Wildman–Crippen LogP) is -2.30. The standard InChI is InChI=1S/C16H17N4O2S2.HI/c17-24(21,22)20-10-8-19(9-11-20)13-5-3-7-15-16(13)18-12-4-1-2-6-14(12)23-15;/h1-7H,8-11H2,(H2,17,21,22);1H/q+1;/p-1. The Morgan fingerprint density at radius 3 is 2.52 bits per heavy atom. The van der Waals surface area contributed by atoms with Gasteiger partial charge in [0.05, 0.1) is 28.2 Å². The zero-order valence-electron chi connectivity index (χ0n) is 13.3. The Morgan fingerprint density at radius 1 is 1.08 bits per heavy atom. The summed E-state index contributed by atoms with van der Waals surface area (Å²) in [5.41, 5.74) is 1.94. The van der Waals surface area contributed by atoms with Crippen molar-refractivity contribution in [3.05, 3.63) is 47.8 Å². The molecule has 1 aromatic carbocycles. The molecule has 6 nitrogen and oxygen atoms in total. The van der Waals surface area contributed by atoms with Gasteiger partial charge in [-0.25, -0.2) is 14.7 Å². The summed E-state index contributed by atoms with van der Waals surface area (Å²) in [6.45, 7) is 2.00. The monoisotopic (exact) mass is 488 g/mol. The van der Waals surface area contributed by atoms with Crippen LogP contribution in [0.2, 0.25) is 0 Å². The molecule has 0 atom stereocenters. The number of benzene rings is 2. The lowest BCUT2D eigenvalue weighted by Gasteiger charge is -2.22. The lowest BCUT2D eigenvalue weighted by Crippen LogP contribution is -3.00. The minimum atomic E-state index is -3.61. The molecule has 1 fully saturated rings. The fourth-order valence-corrected chi connectivity index (χ4v) is 4.69. The number of nitrogens with zero attached hydrogens (tertiary/aromatic N) is 3. The summed E-state index contributed by atoms with van der Waals surface area (Å²) in [4.78, 5) is 5.96. The van der Waals surface area contributed by atoms with Crippen molar-refractivity contribution in [2.75, 3.05) is 26.2 Å². The van der Waals surface area contributed by atoms with E-state index in [-0.39, 0.29) is 24.0 Å². The summed E-state index contributed by atoms with van der Waals surface area (Å²) >= 11 is 1.72. The SMILES string of the molecule is NS(=O)(=O)N1CC[N+](=c2cccc3sc4ccccc4nc2-3)CC1.[I-]. The fraction of sp³-hybridized carbons (Fsp3) is 0.250. The molecule has 132 valence electrons. The minimum Gasteiger partial charge on any atom is -1.00 e. The van der Waals surface area contributed by atoms with Crippen LogP contribution >= 0.6 is 11.3 Å². The van der Waals surface area contributed by atoms with E-state index in [9.17, 15) is 8.42 Å². The molecule has 0 radical (unpaired) electrons. The van der Waals surface area contributed by atoms with Crippen LogP contribution in [-0.4, -0.2) is 43.9 Å². The van der Waals surface area contributed by atoms with E-state index >= 15 is 0 Å². The first-order valence-electron chi connectivity index (χ1n) is 7.67. The second kappa shape index (κ2) is 7.23. The van der Waals surface area contributed by atoms with E-state index < -0.39 is 10.2 Å². The smallest absolute Gasteiger partial charge is 0.277 e. The van der Waals surface area contributed by atoms with Crippen LogP contribution in [0.5, 0.6) is 0 Å². The molecular formula is C16H17IN4O2S2. The van der Waals surface area contributed by atoms with Crippen LogP contribution in [0.4, 0.5) is 0 Å². The summed E-state index contributed by atoms with van der Waals surface area (Å²) in [7, 11) is -3.61. The number of para-hydroxylation sites is 2. The van der Waals surface area contributed by atoms with Gasteiger partial charge in [-0.3, -0.25) is 0 Å². The Bertz CT molecular complexity index is 1050. The van der Waals surface area contributed by atoms with Crippen LogP contribution in [0.3, 0.4) is 0 Å². The highest BCUT2D eigenvalue weighted by Gasteiger charge is 2.27. The topological polar surface area (TPSA) is 79.3 Å². The molecule has 0 saturated carbocycles. The van der Waals surface area contributed by atoms with Gasteiger partial charge in [0.15, 0.2) is 18.8 Å². The van der Waals surface area contributed by atoms with Gasteiger partial charge in [0.1, 0.15) is 0 Å². The van der Waals surface area contributed by atoms with E-state index in [1.54, 1.807) is 11.3 Å². The predicted molar refractivity (Wildman–Crippen MR) is 95.9 cm³/mol. The van der Waals surface area contributed by atoms with E-state index in [4.69, 9.17) is 10.1 Å². The molecule has 0 bridgehead atoms. The van der Waals surface area contributed by atoms with Crippen molar-refractivity contribution < 1.29 is 32.4 Å². The summed E-state index contributed by atoms with van der Waals surface area (Å²) in [5, 5.41) is 6.26. The van der Waals surface area contributed by atoms with E-state index in [0.717, 1.165) is 26.1 Å². The summed E-state index contributed by atoms with van der Waals surface area (Å²) in [6.07, 6.45) is 0. The lowest BCUT2D eigenvalue weighted by atomic mass is 10.2. The first-order chi connectivity index (χ1) is 11.5. The maximum atomic E-state index is 11.5. The zero-order chi connectivity index (χ0) is 16.7. The van der Waals surface area contributed by atoms with E-state index in [1.807, 2.05) is 30.3 Å². The van der Waals surface area contributed by atoms with Crippen molar-refractivity contribution in [2.24, 2.45) is 5.14 Å². The quantitative estimate of drug-likeness (QED) is 0.238. The highest BCUT2D eigenvalue weighted by molar-refractivity contribution is 7.86. The average Bonchev–Trinajstić information content (AvgIpc) is 2.59.